The lowest BCUT2D eigenvalue weighted by Crippen LogP contribution is -2.08. The van der Waals surface area contributed by atoms with Crippen molar-refractivity contribution in [2.24, 2.45) is 12.8 Å². The average Bonchev–Trinajstić information content (AvgIpc) is 2.89. The van der Waals surface area contributed by atoms with E-state index in [0.717, 1.165) is 13.0 Å². The lowest BCUT2D eigenvalue weighted by Gasteiger charge is -2.06. The Labute approximate surface area is 95.7 Å². The molecular weight excluding hydrogens is 200 g/mol. The van der Waals surface area contributed by atoms with E-state index in [9.17, 15) is 0 Å². The standard InChI is InChI=1S/C12H18N4/c1-3-12(13)10-4-5-16(7-10)8-11-6-14-9-15(11)2/h4-7,9,12H,3,8,13H2,1-2H3. The first-order valence-electron chi connectivity index (χ1n) is 5.57. The molecule has 0 aliphatic carbocycles. The van der Waals surface area contributed by atoms with Crippen molar-refractivity contribution in [3.05, 3.63) is 42.2 Å². The largest absolute Gasteiger partial charge is 0.348 e. The molecule has 0 aliphatic heterocycles. The van der Waals surface area contributed by atoms with Gasteiger partial charge in [0.2, 0.25) is 0 Å². The lowest BCUT2D eigenvalue weighted by atomic mass is 10.1. The summed E-state index contributed by atoms with van der Waals surface area (Å²) in [7, 11) is 2.00. The molecule has 2 N–H and O–H groups in total. The Morgan fingerprint density at radius 2 is 2.31 bits per heavy atom. The summed E-state index contributed by atoms with van der Waals surface area (Å²) in [5.41, 5.74) is 8.37. The van der Waals surface area contributed by atoms with Crippen molar-refractivity contribution in [2.75, 3.05) is 0 Å². The van der Waals surface area contributed by atoms with E-state index in [1.807, 2.05) is 24.1 Å². The van der Waals surface area contributed by atoms with Crippen molar-refractivity contribution < 1.29 is 0 Å². The maximum Gasteiger partial charge on any atom is 0.0946 e. The van der Waals surface area contributed by atoms with Crippen LogP contribution in [0.2, 0.25) is 0 Å². The second-order valence-electron chi connectivity index (χ2n) is 4.13. The average molecular weight is 218 g/mol. The topological polar surface area (TPSA) is 48.8 Å². The number of imidazole rings is 1. The summed E-state index contributed by atoms with van der Waals surface area (Å²) in [5.74, 6) is 0. The highest BCUT2D eigenvalue weighted by Gasteiger charge is 2.06. The zero-order chi connectivity index (χ0) is 11.5. The van der Waals surface area contributed by atoms with Crippen LogP contribution in [-0.4, -0.2) is 14.1 Å². The molecule has 0 saturated heterocycles. The van der Waals surface area contributed by atoms with E-state index in [1.54, 1.807) is 0 Å². The van der Waals surface area contributed by atoms with Crippen molar-refractivity contribution in [1.29, 1.82) is 0 Å². The molecule has 2 aromatic rings. The third kappa shape index (κ3) is 2.17. The van der Waals surface area contributed by atoms with E-state index in [0.29, 0.717) is 0 Å². The van der Waals surface area contributed by atoms with Crippen LogP contribution >= 0.6 is 0 Å². The van der Waals surface area contributed by atoms with Gasteiger partial charge in [0.25, 0.3) is 0 Å². The summed E-state index contributed by atoms with van der Waals surface area (Å²) < 4.78 is 4.17. The molecule has 2 heterocycles. The Kier molecular flexibility index (Phi) is 3.10. The third-order valence-corrected chi connectivity index (χ3v) is 2.90. The SMILES string of the molecule is CCC(N)c1ccn(Cc2cncn2C)c1. The highest BCUT2D eigenvalue weighted by molar-refractivity contribution is 5.15. The molecule has 1 unspecified atom stereocenters. The maximum atomic E-state index is 5.98. The van der Waals surface area contributed by atoms with E-state index < -0.39 is 0 Å². The molecule has 86 valence electrons. The zero-order valence-electron chi connectivity index (χ0n) is 9.80. The van der Waals surface area contributed by atoms with Crippen molar-refractivity contribution >= 4 is 0 Å². The number of aryl methyl sites for hydroxylation is 1. The predicted molar refractivity (Wildman–Crippen MR) is 64.0 cm³/mol. The van der Waals surface area contributed by atoms with E-state index in [1.165, 1.54) is 11.3 Å². The molecule has 2 rings (SSSR count). The summed E-state index contributed by atoms with van der Waals surface area (Å²) in [6.07, 6.45) is 8.85. The van der Waals surface area contributed by atoms with Crippen LogP contribution in [0.4, 0.5) is 0 Å². The quantitative estimate of drug-likeness (QED) is 0.848. The first kappa shape index (κ1) is 11.0. The van der Waals surface area contributed by atoms with E-state index in [2.05, 4.69) is 34.9 Å². The second-order valence-corrected chi connectivity index (χ2v) is 4.13. The van der Waals surface area contributed by atoms with Crippen LogP contribution in [0.5, 0.6) is 0 Å². The molecule has 0 amide bonds. The Morgan fingerprint density at radius 1 is 1.50 bits per heavy atom. The van der Waals surface area contributed by atoms with Gasteiger partial charge in [0.15, 0.2) is 0 Å². The van der Waals surface area contributed by atoms with Gasteiger partial charge in [0.1, 0.15) is 0 Å². The van der Waals surface area contributed by atoms with Gasteiger partial charge in [-0.3, -0.25) is 0 Å². The minimum atomic E-state index is 0.146. The van der Waals surface area contributed by atoms with Gasteiger partial charge in [-0.25, -0.2) is 4.98 Å². The molecule has 0 fully saturated rings. The Balaban J connectivity index is 2.11. The van der Waals surface area contributed by atoms with Crippen LogP contribution in [-0.2, 0) is 13.6 Å². The molecule has 0 bridgehead atoms. The minimum Gasteiger partial charge on any atom is -0.348 e. The maximum absolute atomic E-state index is 5.98. The first-order valence-corrected chi connectivity index (χ1v) is 5.57. The van der Waals surface area contributed by atoms with Gasteiger partial charge in [-0.15, -0.1) is 0 Å². The van der Waals surface area contributed by atoms with Crippen LogP contribution in [0.1, 0.15) is 30.6 Å². The smallest absolute Gasteiger partial charge is 0.0946 e. The number of nitrogens with two attached hydrogens (primary N) is 1. The predicted octanol–water partition coefficient (Wildman–Crippen LogP) is 1.68. The van der Waals surface area contributed by atoms with Crippen LogP contribution < -0.4 is 5.73 Å². The van der Waals surface area contributed by atoms with Crippen LogP contribution in [0.25, 0.3) is 0 Å². The fourth-order valence-corrected chi connectivity index (χ4v) is 1.74. The van der Waals surface area contributed by atoms with E-state index in [4.69, 9.17) is 5.73 Å². The Hall–Kier alpha value is -1.55. The number of hydrogen-bond donors (Lipinski definition) is 1. The molecule has 0 aliphatic rings. The summed E-state index contributed by atoms with van der Waals surface area (Å²) >= 11 is 0. The van der Waals surface area contributed by atoms with E-state index >= 15 is 0 Å². The number of aromatic nitrogens is 3. The monoisotopic (exact) mass is 218 g/mol. The molecule has 4 heteroatoms. The van der Waals surface area contributed by atoms with Crippen LogP contribution in [0.3, 0.4) is 0 Å². The van der Waals surface area contributed by atoms with E-state index in [-0.39, 0.29) is 6.04 Å². The molecular formula is C12H18N4. The number of nitrogens with zero attached hydrogens (tertiary/aromatic N) is 3. The van der Waals surface area contributed by atoms with Crippen molar-refractivity contribution in [2.45, 2.75) is 25.9 Å². The normalized spacial score (nSPS) is 12.9. The Morgan fingerprint density at radius 3 is 2.94 bits per heavy atom. The second kappa shape index (κ2) is 4.53. The minimum absolute atomic E-state index is 0.146. The van der Waals surface area contributed by atoms with Gasteiger partial charge in [0, 0.05) is 31.7 Å². The molecule has 1 atom stereocenters. The Bertz CT molecular complexity index is 455. The first-order chi connectivity index (χ1) is 7.70. The summed E-state index contributed by atoms with van der Waals surface area (Å²) in [5, 5.41) is 0. The number of hydrogen-bond acceptors (Lipinski definition) is 2. The fourth-order valence-electron chi connectivity index (χ4n) is 1.74. The highest BCUT2D eigenvalue weighted by atomic mass is 15.1. The zero-order valence-corrected chi connectivity index (χ0v) is 9.80. The lowest BCUT2D eigenvalue weighted by molar-refractivity contribution is 0.686. The molecule has 0 radical (unpaired) electrons. The van der Waals surface area contributed by atoms with Crippen molar-refractivity contribution in [3.63, 3.8) is 0 Å². The van der Waals surface area contributed by atoms with Crippen LogP contribution in [0.15, 0.2) is 31.0 Å². The molecule has 0 saturated carbocycles. The third-order valence-electron chi connectivity index (χ3n) is 2.90. The summed E-state index contributed by atoms with van der Waals surface area (Å²) in [6.45, 7) is 2.94. The van der Waals surface area contributed by atoms with Gasteiger partial charge >= 0.3 is 0 Å². The van der Waals surface area contributed by atoms with Gasteiger partial charge in [-0.2, -0.15) is 0 Å². The molecule has 4 nitrogen and oxygen atoms in total. The van der Waals surface area contributed by atoms with Crippen molar-refractivity contribution in [1.82, 2.24) is 14.1 Å². The summed E-state index contributed by atoms with van der Waals surface area (Å²) in [6, 6.07) is 2.23. The van der Waals surface area contributed by atoms with Crippen molar-refractivity contribution in [3.8, 4) is 0 Å². The molecule has 2 aromatic heterocycles. The van der Waals surface area contributed by atoms with Gasteiger partial charge in [-0.1, -0.05) is 6.92 Å². The number of rotatable bonds is 4. The van der Waals surface area contributed by atoms with Gasteiger partial charge in [0.05, 0.1) is 18.6 Å². The fraction of sp³-hybridized carbons (Fsp3) is 0.417. The molecule has 0 spiro atoms. The van der Waals surface area contributed by atoms with Gasteiger partial charge < -0.3 is 14.9 Å². The van der Waals surface area contributed by atoms with Gasteiger partial charge in [-0.05, 0) is 18.1 Å². The highest BCUT2D eigenvalue weighted by Crippen LogP contribution is 2.14. The van der Waals surface area contributed by atoms with Crippen LogP contribution in [0, 0.1) is 0 Å². The molecule has 16 heavy (non-hydrogen) atoms. The molecule has 0 aromatic carbocycles. The summed E-state index contributed by atoms with van der Waals surface area (Å²) in [4.78, 5) is 4.10.